The Labute approximate surface area is 129 Å². The van der Waals surface area contributed by atoms with E-state index in [0.717, 1.165) is 12.1 Å². The average molecular weight is 328 g/mol. The Morgan fingerprint density at radius 1 is 1.09 bits per heavy atom. The van der Waals surface area contributed by atoms with Gasteiger partial charge in [-0.15, -0.1) is 0 Å². The SMILES string of the molecule is O=C(CNc1cc(F)cc(F)c1)Nc1ccccc1OC(F)F. The summed E-state index contributed by atoms with van der Waals surface area (Å²) in [5.74, 6) is -2.36. The van der Waals surface area contributed by atoms with E-state index < -0.39 is 24.2 Å². The number of ether oxygens (including phenoxy) is 1. The fourth-order valence-electron chi connectivity index (χ4n) is 1.80. The maximum Gasteiger partial charge on any atom is 0.387 e. The van der Waals surface area contributed by atoms with E-state index in [1.807, 2.05) is 0 Å². The molecule has 8 heteroatoms. The normalized spacial score (nSPS) is 10.5. The Kier molecular flexibility index (Phi) is 5.40. The largest absolute Gasteiger partial charge is 0.433 e. The molecule has 0 saturated carbocycles. The Morgan fingerprint density at radius 3 is 2.39 bits per heavy atom. The number of anilines is 2. The molecule has 1 amide bonds. The number of carbonyl (C=O) groups excluding carboxylic acids is 1. The van der Waals surface area contributed by atoms with Gasteiger partial charge in [-0.1, -0.05) is 12.1 Å². The van der Waals surface area contributed by atoms with Crippen LogP contribution in [0.25, 0.3) is 0 Å². The third kappa shape index (κ3) is 5.17. The lowest BCUT2D eigenvalue weighted by Crippen LogP contribution is -2.22. The van der Waals surface area contributed by atoms with Crippen LogP contribution in [0, 0.1) is 11.6 Å². The molecular formula is C15H12F4N2O2. The van der Waals surface area contributed by atoms with Crippen LogP contribution in [-0.2, 0) is 4.79 Å². The molecule has 2 aromatic rings. The molecule has 0 aliphatic rings. The first kappa shape index (κ1) is 16.6. The number of hydrogen-bond donors (Lipinski definition) is 2. The van der Waals surface area contributed by atoms with Crippen molar-refractivity contribution in [2.75, 3.05) is 17.2 Å². The van der Waals surface area contributed by atoms with Crippen molar-refractivity contribution in [1.82, 2.24) is 0 Å². The lowest BCUT2D eigenvalue weighted by molar-refractivity contribution is -0.114. The summed E-state index contributed by atoms with van der Waals surface area (Å²) in [7, 11) is 0. The van der Waals surface area contributed by atoms with Crippen molar-refractivity contribution in [3.63, 3.8) is 0 Å². The Balaban J connectivity index is 1.97. The van der Waals surface area contributed by atoms with Crippen LogP contribution < -0.4 is 15.4 Å². The van der Waals surface area contributed by atoms with Crippen LogP contribution in [0.5, 0.6) is 5.75 Å². The van der Waals surface area contributed by atoms with Crippen LogP contribution in [0.3, 0.4) is 0 Å². The molecule has 0 aliphatic carbocycles. The van der Waals surface area contributed by atoms with Gasteiger partial charge >= 0.3 is 6.61 Å². The van der Waals surface area contributed by atoms with E-state index in [9.17, 15) is 22.4 Å². The van der Waals surface area contributed by atoms with Crippen molar-refractivity contribution in [2.45, 2.75) is 6.61 Å². The van der Waals surface area contributed by atoms with E-state index in [1.165, 1.54) is 24.3 Å². The second kappa shape index (κ2) is 7.48. The lowest BCUT2D eigenvalue weighted by atomic mass is 10.3. The second-order valence-corrected chi connectivity index (χ2v) is 4.43. The third-order valence-electron chi connectivity index (χ3n) is 2.69. The van der Waals surface area contributed by atoms with Gasteiger partial charge in [-0.2, -0.15) is 8.78 Å². The maximum absolute atomic E-state index is 13.0. The van der Waals surface area contributed by atoms with Crippen LogP contribution in [0.4, 0.5) is 28.9 Å². The first-order chi connectivity index (χ1) is 10.9. The first-order valence-corrected chi connectivity index (χ1v) is 6.47. The van der Waals surface area contributed by atoms with E-state index in [2.05, 4.69) is 15.4 Å². The molecule has 0 bridgehead atoms. The van der Waals surface area contributed by atoms with Gasteiger partial charge < -0.3 is 15.4 Å². The van der Waals surface area contributed by atoms with Crippen LogP contribution >= 0.6 is 0 Å². The molecule has 0 heterocycles. The summed E-state index contributed by atoms with van der Waals surface area (Å²) in [5.41, 5.74) is 0.139. The van der Waals surface area contributed by atoms with E-state index in [1.54, 1.807) is 0 Å². The van der Waals surface area contributed by atoms with Gasteiger partial charge in [0.25, 0.3) is 0 Å². The van der Waals surface area contributed by atoms with Gasteiger partial charge in [0.05, 0.1) is 12.2 Å². The van der Waals surface area contributed by atoms with Crippen LogP contribution in [0.1, 0.15) is 0 Å². The summed E-state index contributed by atoms with van der Waals surface area (Å²) in [4.78, 5) is 11.8. The number of para-hydroxylation sites is 2. The van der Waals surface area contributed by atoms with Crippen molar-refractivity contribution in [3.8, 4) is 5.75 Å². The number of halogens is 4. The van der Waals surface area contributed by atoms with Gasteiger partial charge in [-0.25, -0.2) is 8.78 Å². The van der Waals surface area contributed by atoms with Gasteiger partial charge in [-0.05, 0) is 24.3 Å². The second-order valence-electron chi connectivity index (χ2n) is 4.43. The van der Waals surface area contributed by atoms with Crippen molar-refractivity contribution in [3.05, 3.63) is 54.1 Å². The minimum Gasteiger partial charge on any atom is -0.433 e. The highest BCUT2D eigenvalue weighted by molar-refractivity contribution is 5.95. The van der Waals surface area contributed by atoms with Gasteiger partial charge in [0, 0.05) is 11.8 Å². The van der Waals surface area contributed by atoms with E-state index in [-0.39, 0.29) is 23.7 Å². The zero-order valence-electron chi connectivity index (χ0n) is 11.7. The molecule has 0 aromatic heterocycles. The summed E-state index contributed by atoms with van der Waals surface area (Å²) < 4.78 is 54.8. The minimum absolute atomic E-state index is 0.0602. The van der Waals surface area contributed by atoms with Crippen molar-refractivity contribution in [2.24, 2.45) is 0 Å². The average Bonchev–Trinajstić information content (AvgIpc) is 2.46. The van der Waals surface area contributed by atoms with Gasteiger partial charge in [0.15, 0.2) is 0 Å². The topological polar surface area (TPSA) is 50.4 Å². The zero-order valence-corrected chi connectivity index (χ0v) is 11.7. The summed E-state index contributed by atoms with van der Waals surface area (Å²) in [6, 6.07) is 8.40. The predicted octanol–water partition coefficient (Wildman–Crippen LogP) is 3.62. The zero-order chi connectivity index (χ0) is 16.8. The number of amides is 1. The highest BCUT2D eigenvalue weighted by Crippen LogP contribution is 2.25. The lowest BCUT2D eigenvalue weighted by Gasteiger charge is -2.12. The molecule has 0 fully saturated rings. The fraction of sp³-hybridized carbons (Fsp3) is 0.133. The molecule has 2 N–H and O–H groups in total. The van der Waals surface area contributed by atoms with Crippen LogP contribution in [0.2, 0.25) is 0 Å². The molecule has 0 spiro atoms. The summed E-state index contributed by atoms with van der Waals surface area (Å²) in [6.07, 6.45) is 0. The fourth-order valence-corrected chi connectivity index (χ4v) is 1.80. The molecule has 122 valence electrons. The molecule has 4 nitrogen and oxygen atoms in total. The Morgan fingerprint density at radius 2 is 1.74 bits per heavy atom. The number of benzene rings is 2. The molecule has 0 saturated heterocycles. The van der Waals surface area contributed by atoms with Crippen molar-refractivity contribution < 1.29 is 27.1 Å². The standard InChI is InChI=1S/C15H12F4N2O2/c16-9-5-10(17)7-11(6-9)20-8-14(22)21-12-3-1-2-4-13(12)23-15(18)19/h1-7,15,20H,8H2,(H,21,22). The first-order valence-electron chi connectivity index (χ1n) is 6.47. The van der Waals surface area contributed by atoms with E-state index >= 15 is 0 Å². The predicted molar refractivity (Wildman–Crippen MR) is 76.6 cm³/mol. The van der Waals surface area contributed by atoms with Crippen molar-refractivity contribution >= 4 is 17.3 Å². The highest BCUT2D eigenvalue weighted by atomic mass is 19.3. The number of alkyl halides is 2. The molecule has 0 radical (unpaired) electrons. The van der Waals surface area contributed by atoms with Crippen LogP contribution in [-0.4, -0.2) is 19.1 Å². The summed E-state index contributed by atoms with van der Waals surface area (Å²) in [5, 5.41) is 4.89. The number of nitrogens with one attached hydrogen (secondary N) is 2. The minimum atomic E-state index is -3.03. The number of hydrogen-bond acceptors (Lipinski definition) is 3. The number of rotatable bonds is 6. The quantitative estimate of drug-likeness (QED) is 0.797. The van der Waals surface area contributed by atoms with Crippen LogP contribution in [0.15, 0.2) is 42.5 Å². The smallest absolute Gasteiger partial charge is 0.387 e. The van der Waals surface area contributed by atoms with Gasteiger partial charge in [0.2, 0.25) is 5.91 Å². The van der Waals surface area contributed by atoms with Gasteiger partial charge in [0.1, 0.15) is 17.4 Å². The van der Waals surface area contributed by atoms with E-state index in [0.29, 0.717) is 6.07 Å². The van der Waals surface area contributed by atoms with Gasteiger partial charge in [-0.3, -0.25) is 4.79 Å². The monoisotopic (exact) mass is 328 g/mol. The third-order valence-corrected chi connectivity index (χ3v) is 2.69. The highest BCUT2D eigenvalue weighted by Gasteiger charge is 2.11. The molecule has 2 rings (SSSR count). The number of carbonyl (C=O) groups is 1. The molecule has 0 atom stereocenters. The summed E-state index contributed by atoms with van der Waals surface area (Å²) in [6.45, 7) is -3.34. The maximum atomic E-state index is 13.0. The Bertz CT molecular complexity index is 675. The Hall–Kier alpha value is -2.77. The molecular weight excluding hydrogens is 316 g/mol. The van der Waals surface area contributed by atoms with E-state index in [4.69, 9.17) is 0 Å². The molecule has 0 aliphatic heterocycles. The molecule has 2 aromatic carbocycles. The summed E-state index contributed by atoms with van der Waals surface area (Å²) >= 11 is 0. The van der Waals surface area contributed by atoms with Crippen molar-refractivity contribution in [1.29, 1.82) is 0 Å². The molecule has 23 heavy (non-hydrogen) atoms. The molecule has 0 unspecified atom stereocenters.